The third-order valence-corrected chi connectivity index (χ3v) is 5.04. The van der Waals surface area contributed by atoms with Gasteiger partial charge in [-0.2, -0.15) is 9.40 Å². The maximum Gasteiger partial charge on any atom is 0.246 e. The number of hydrogen-bond acceptors (Lipinski definition) is 3. The lowest BCUT2D eigenvalue weighted by molar-refractivity contribution is 0.466. The second kappa shape index (κ2) is 5.38. The predicted octanol–water partition coefficient (Wildman–Crippen LogP) is 1.86. The summed E-state index contributed by atoms with van der Waals surface area (Å²) in [6.45, 7) is 4.36. The van der Waals surface area contributed by atoms with E-state index in [9.17, 15) is 8.42 Å². The first-order chi connectivity index (χ1) is 9.30. The zero-order valence-corrected chi connectivity index (χ0v) is 13.0. The van der Waals surface area contributed by atoms with Crippen molar-refractivity contribution in [1.82, 2.24) is 14.1 Å². The van der Waals surface area contributed by atoms with Crippen molar-refractivity contribution in [1.29, 1.82) is 0 Å². The average Bonchev–Trinajstić information content (AvgIpc) is 2.80. The summed E-state index contributed by atoms with van der Waals surface area (Å²) in [7, 11) is -0.211. The van der Waals surface area contributed by atoms with Crippen LogP contribution in [-0.4, -0.2) is 29.6 Å². The maximum absolute atomic E-state index is 12.4. The number of rotatable bonds is 4. The van der Waals surface area contributed by atoms with Crippen molar-refractivity contribution in [2.75, 3.05) is 7.05 Å². The SMILES string of the molecule is Cc1ccc(CN(C)S(=O)(=O)c2cnn(C)c2)c(C)c1. The number of aryl methyl sites for hydroxylation is 3. The molecular weight excluding hydrogens is 274 g/mol. The Bertz CT molecular complexity index is 720. The van der Waals surface area contributed by atoms with Gasteiger partial charge in [-0.3, -0.25) is 4.68 Å². The van der Waals surface area contributed by atoms with Crippen molar-refractivity contribution in [2.45, 2.75) is 25.3 Å². The highest BCUT2D eigenvalue weighted by atomic mass is 32.2. The quantitative estimate of drug-likeness (QED) is 0.864. The molecule has 1 aromatic carbocycles. The van der Waals surface area contributed by atoms with Gasteiger partial charge < -0.3 is 0 Å². The van der Waals surface area contributed by atoms with Crippen molar-refractivity contribution in [3.63, 3.8) is 0 Å². The average molecular weight is 293 g/mol. The minimum atomic E-state index is -3.49. The Morgan fingerprint density at radius 2 is 2.00 bits per heavy atom. The number of benzene rings is 1. The zero-order valence-electron chi connectivity index (χ0n) is 12.2. The molecule has 0 saturated carbocycles. The summed E-state index contributed by atoms with van der Waals surface area (Å²) in [5.41, 5.74) is 3.27. The molecule has 0 aliphatic carbocycles. The van der Waals surface area contributed by atoms with E-state index in [2.05, 4.69) is 11.2 Å². The number of nitrogens with zero attached hydrogens (tertiary/aromatic N) is 3. The zero-order chi connectivity index (χ0) is 14.9. The molecule has 1 aromatic heterocycles. The fraction of sp³-hybridized carbons (Fsp3) is 0.357. The van der Waals surface area contributed by atoms with E-state index in [-0.39, 0.29) is 4.90 Å². The third kappa shape index (κ3) is 2.91. The van der Waals surface area contributed by atoms with Gasteiger partial charge in [0.2, 0.25) is 10.0 Å². The van der Waals surface area contributed by atoms with E-state index in [4.69, 9.17) is 0 Å². The van der Waals surface area contributed by atoms with Crippen molar-refractivity contribution < 1.29 is 8.42 Å². The Morgan fingerprint density at radius 3 is 2.55 bits per heavy atom. The smallest absolute Gasteiger partial charge is 0.246 e. The van der Waals surface area contributed by atoms with Crippen LogP contribution in [0.15, 0.2) is 35.5 Å². The summed E-state index contributed by atoms with van der Waals surface area (Å²) >= 11 is 0. The molecular formula is C14H19N3O2S. The van der Waals surface area contributed by atoms with Crippen molar-refractivity contribution in [2.24, 2.45) is 7.05 Å². The normalized spacial score (nSPS) is 12.1. The molecule has 0 N–H and O–H groups in total. The van der Waals surface area contributed by atoms with Gasteiger partial charge in [-0.05, 0) is 25.0 Å². The van der Waals surface area contributed by atoms with Crippen molar-refractivity contribution in [3.8, 4) is 0 Å². The van der Waals surface area contributed by atoms with Crippen LogP contribution in [0.5, 0.6) is 0 Å². The molecule has 2 rings (SSSR count). The van der Waals surface area contributed by atoms with E-state index in [0.29, 0.717) is 6.54 Å². The van der Waals surface area contributed by atoms with E-state index in [1.165, 1.54) is 26.9 Å². The van der Waals surface area contributed by atoms with Gasteiger partial charge in [0.25, 0.3) is 0 Å². The standard InChI is InChI=1S/C14H19N3O2S/c1-11-5-6-13(12(2)7-11)9-17(4)20(18,19)14-8-15-16(3)10-14/h5-8,10H,9H2,1-4H3. The van der Waals surface area contributed by atoms with Crippen LogP contribution < -0.4 is 0 Å². The lowest BCUT2D eigenvalue weighted by Crippen LogP contribution is -2.26. The van der Waals surface area contributed by atoms with E-state index < -0.39 is 10.0 Å². The molecule has 0 aliphatic heterocycles. The minimum Gasteiger partial charge on any atom is -0.274 e. The third-order valence-electron chi connectivity index (χ3n) is 3.28. The summed E-state index contributed by atoms with van der Waals surface area (Å²) in [6, 6.07) is 6.02. The van der Waals surface area contributed by atoms with Gasteiger partial charge in [0.15, 0.2) is 0 Å². The summed E-state index contributed by atoms with van der Waals surface area (Å²) in [5.74, 6) is 0. The molecule has 0 atom stereocenters. The molecule has 5 nitrogen and oxygen atoms in total. The Kier molecular flexibility index (Phi) is 3.96. The molecule has 2 aromatic rings. The van der Waals surface area contributed by atoms with Gasteiger partial charge in [-0.15, -0.1) is 0 Å². The van der Waals surface area contributed by atoms with Crippen LogP contribution in [0.4, 0.5) is 0 Å². The van der Waals surface area contributed by atoms with E-state index in [0.717, 1.165) is 11.1 Å². The molecule has 108 valence electrons. The van der Waals surface area contributed by atoms with Crippen LogP contribution in [0.2, 0.25) is 0 Å². The van der Waals surface area contributed by atoms with Crippen LogP contribution >= 0.6 is 0 Å². The van der Waals surface area contributed by atoms with Crippen LogP contribution in [0.1, 0.15) is 16.7 Å². The number of hydrogen-bond donors (Lipinski definition) is 0. The molecule has 0 bridgehead atoms. The summed E-state index contributed by atoms with van der Waals surface area (Å²) in [5, 5.41) is 3.91. The van der Waals surface area contributed by atoms with Crippen LogP contribution in [-0.2, 0) is 23.6 Å². The van der Waals surface area contributed by atoms with E-state index in [1.54, 1.807) is 14.1 Å². The van der Waals surface area contributed by atoms with Gasteiger partial charge >= 0.3 is 0 Å². The molecule has 0 aliphatic rings. The second-order valence-electron chi connectivity index (χ2n) is 5.04. The highest BCUT2D eigenvalue weighted by molar-refractivity contribution is 7.89. The molecule has 20 heavy (non-hydrogen) atoms. The topological polar surface area (TPSA) is 55.2 Å². The molecule has 0 spiro atoms. The second-order valence-corrected chi connectivity index (χ2v) is 7.09. The number of aromatic nitrogens is 2. The van der Waals surface area contributed by atoms with Crippen LogP contribution in [0, 0.1) is 13.8 Å². The Labute approximate surface area is 119 Å². The van der Waals surface area contributed by atoms with Crippen molar-refractivity contribution >= 4 is 10.0 Å². The summed E-state index contributed by atoms with van der Waals surface area (Å²) in [6.07, 6.45) is 2.88. The van der Waals surface area contributed by atoms with Crippen LogP contribution in [0.3, 0.4) is 0 Å². The first-order valence-electron chi connectivity index (χ1n) is 6.32. The molecule has 6 heteroatoms. The highest BCUT2D eigenvalue weighted by Crippen LogP contribution is 2.18. The lowest BCUT2D eigenvalue weighted by Gasteiger charge is -2.17. The maximum atomic E-state index is 12.4. The molecule has 1 heterocycles. The largest absolute Gasteiger partial charge is 0.274 e. The highest BCUT2D eigenvalue weighted by Gasteiger charge is 2.22. The van der Waals surface area contributed by atoms with Crippen molar-refractivity contribution in [3.05, 3.63) is 47.3 Å². The monoisotopic (exact) mass is 293 g/mol. The van der Waals surface area contributed by atoms with Gasteiger partial charge in [0, 0.05) is 26.8 Å². The predicted molar refractivity (Wildman–Crippen MR) is 77.8 cm³/mol. The summed E-state index contributed by atoms with van der Waals surface area (Å²) in [4.78, 5) is 0.215. The minimum absolute atomic E-state index is 0.215. The van der Waals surface area contributed by atoms with Gasteiger partial charge in [0.05, 0.1) is 6.20 Å². The van der Waals surface area contributed by atoms with Gasteiger partial charge in [-0.25, -0.2) is 8.42 Å². The Hall–Kier alpha value is -1.66. The summed E-state index contributed by atoms with van der Waals surface area (Å²) < 4.78 is 27.6. The van der Waals surface area contributed by atoms with Gasteiger partial charge in [0.1, 0.15) is 4.90 Å². The molecule has 0 saturated heterocycles. The fourth-order valence-corrected chi connectivity index (χ4v) is 3.20. The molecule has 0 fully saturated rings. The first-order valence-corrected chi connectivity index (χ1v) is 7.76. The molecule has 0 radical (unpaired) electrons. The Morgan fingerprint density at radius 1 is 1.30 bits per heavy atom. The molecule has 0 amide bonds. The lowest BCUT2D eigenvalue weighted by atomic mass is 10.1. The van der Waals surface area contributed by atoms with Gasteiger partial charge in [-0.1, -0.05) is 23.8 Å². The fourth-order valence-electron chi connectivity index (χ4n) is 2.06. The van der Waals surface area contributed by atoms with Crippen LogP contribution in [0.25, 0.3) is 0 Å². The first kappa shape index (κ1) is 14.7. The Balaban J connectivity index is 2.25. The number of sulfonamides is 1. The van der Waals surface area contributed by atoms with E-state index >= 15 is 0 Å². The molecule has 0 unspecified atom stereocenters. The van der Waals surface area contributed by atoms with E-state index in [1.807, 2.05) is 26.0 Å².